The zero-order chi connectivity index (χ0) is 10.7. The number of alkyl halides is 1. The van der Waals surface area contributed by atoms with Crippen molar-refractivity contribution in [3.05, 3.63) is 28.8 Å². The van der Waals surface area contributed by atoms with Gasteiger partial charge in [-0.15, -0.1) is 11.6 Å². The molecule has 0 aliphatic heterocycles. The second-order valence-corrected chi connectivity index (χ2v) is 3.10. The number of rotatable bonds is 2. The summed E-state index contributed by atoms with van der Waals surface area (Å²) in [6.45, 7) is 1.61. The molecule has 1 aromatic carbocycles. The minimum Gasteiger partial charge on any atom is -0.508 e. The number of ketones is 1. The molecule has 0 aromatic heterocycles. The molecule has 0 spiro atoms. The highest BCUT2D eigenvalue weighted by molar-refractivity contribution is 6.30. The summed E-state index contributed by atoms with van der Waals surface area (Å²) < 4.78 is 0. The molecule has 3 nitrogen and oxygen atoms in total. The van der Waals surface area contributed by atoms with Crippen molar-refractivity contribution >= 4 is 17.4 Å². The van der Waals surface area contributed by atoms with E-state index in [4.69, 9.17) is 16.9 Å². The lowest BCUT2D eigenvalue weighted by atomic mass is 10.0. The van der Waals surface area contributed by atoms with Crippen LogP contribution < -0.4 is 0 Å². The number of halogens is 1. The van der Waals surface area contributed by atoms with E-state index >= 15 is 0 Å². The molecule has 1 aromatic rings. The third kappa shape index (κ3) is 1.86. The van der Waals surface area contributed by atoms with Crippen LogP contribution in [0.25, 0.3) is 0 Å². The van der Waals surface area contributed by atoms with E-state index in [1.807, 2.05) is 6.07 Å². The monoisotopic (exact) mass is 209 g/mol. The molecule has 0 heterocycles. The zero-order valence-corrected chi connectivity index (χ0v) is 8.30. The minimum atomic E-state index is -0.295. The molecule has 0 fully saturated rings. The highest BCUT2D eigenvalue weighted by atomic mass is 35.5. The summed E-state index contributed by atoms with van der Waals surface area (Å²) in [5, 5.41) is 18.0. The van der Waals surface area contributed by atoms with Gasteiger partial charge in [-0.25, -0.2) is 0 Å². The summed E-state index contributed by atoms with van der Waals surface area (Å²) in [4.78, 5) is 11.3. The van der Waals surface area contributed by atoms with Crippen LogP contribution in [-0.2, 0) is 0 Å². The maximum atomic E-state index is 11.3. The van der Waals surface area contributed by atoms with Crippen molar-refractivity contribution in [3.8, 4) is 11.8 Å². The van der Waals surface area contributed by atoms with Gasteiger partial charge in [0, 0.05) is 11.1 Å². The Bertz CT molecular complexity index is 421. The van der Waals surface area contributed by atoms with Crippen LogP contribution in [0, 0.1) is 18.3 Å². The Kier molecular flexibility index (Phi) is 3.10. The number of carbonyl (C=O) groups excluding carboxylic acids is 1. The molecule has 0 atom stereocenters. The van der Waals surface area contributed by atoms with Crippen LogP contribution >= 0.6 is 11.6 Å². The molecule has 0 saturated heterocycles. The third-order valence-electron chi connectivity index (χ3n) is 1.93. The van der Waals surface area contributed by atoms with Gasteiger partial charge in [-0.05, 0) is 19.1 Å². The largest absolute Gasteiger partial charge is 0.508 e. The average Bonchev–Trinajstić information content (AvgIpc) is 2.20. The van der Waals surface area contributed by atoms with Crippen LogP contribution in [0.5, 0.6) is 5.75 Å². The van der Waals surface area contributed by atoms with E-state index in [0.717, 1.165) is 0 Å². The molecular formula is C10H8ClNO2. The molecular weight excluding hydrogens is 202 g/mol. The fraction of sp³-hybridized carbons (Fsp3) is 0.200. The summed E-state index contributed by atoms with van der Waals surface area (Å²) in [6.07, 6.45) is 0. The van der Waals surface area contributed by atoms with Gasteiger partial charge in [-0.1, -0.05) is 0 Å². The van der Waals surface area contributed by atoms with Gasteiger partial charge in [0.1, 0.15) is 5.75 Å². The van der Waals surface area contributed by atoms with Gasteiger partial charge in [-0.2, -0.15) is 5.26 Å². The molecule has 4 heteroatoms. The van der Waals surface area contributed by atoms with Crippen molar-refractivity contribution in [2.45, 2.75) is 6.92 Å². The van der Waals surface area contributed by atoms with Gasteiger partial charge < -0.3 is 5.11 Å². The molecule has 14 heavy (non-hydrogen) atoms. The van der Waals surface area contributed by atoms with Crippen LogP contribution in [0.4, 0.5) is 0 Å². The van der Waals surface area contributed by atoms with Gasteiger partial charge in [0.15, 0.2) is 5.78 Å². The molecule has 0 saturated carbocycles. The SMILES string of the molecule is Cc1c(O)cc(C#N)cc1C(=O)CCl. The summed E-state index contributed by atoms with van der Waals surface area (Å²) >= 11 is 5.39. The normalized spacial score (nSPS) is 9.50. The number of Topliss-reactive ketones (excluding diaryl/α,β-unsaturated/α-hetero) is 1. The zero-order valence-electron chi connectivity index (χ0n) is 7.54. The first kappa shape index (κ1) is 10.6. The Balaban J connectivity index is 3.36. The number of hydrogen-bond acceptors (Lipinski definition) is 3. The van der Waals surface area contributed by atoms with Gasteiger partial charge in [-0.3, -0.25) is 4.79 Å². The summed E-state index contributed by atoms with van der Waals surface area (Å²) in [5.41, 5.74) is 1.01. The Morgan fingerprint density at radius 2 is 2.29 bits per heavy atom. The maximum absolute atomic E-state index is 11.3. The van der Waals surface area contributed by atoms with Gasteiger partial charge in [0.25, 0.3) is 0 Å². The number of phenolic OH excluding ortho intramolecular Hbond substituents is 1. The van der Waals surface area contributed by atoms with E-state index in [2.05, 4.69) is 0 Å². The van der Waals surface area contributed by atoms with Crippen molar-refractivity contribution in [2.24, 2.45) is 0 Å². The smallest absolute Gasteiger partial charge is 0.178 e. The standard InChI is InChI=1S/C10H8ClNO2/c1-6-8(10(14)4-11)2-7(5-12)3-9(6)13/h2-3,13H,4H2,1H3. The molecule has 0 aliphatic rings. The van der Waals surface area contributed by atoms with Crippen LogP contribution in [0.15, 0.2) is 12.1 Å². The Hall–Kier alpha value is -1.53. The number of carbonyl (C=O) groups is 1. The number of nitrogens with zero attached hydrogens (tertiary/aromatic N) is 1. The number of nitriles is 1. The molecule has 0 bridgehead atoms. The molecule has 1 N–H and O–H groups in total. The minimum absolute atomic E-state index is 0.0579. The molecule has 72 valence electrons. The number of benzene rings is 1. The molecule has 0 radical (unpaired) electrons. The van der Waals surface area contributed by atoms with Crippen LogP contribution in [0.1, 0.15) is 21.5 Å². The van der Waals surface area contributed by atoms with E-state index in [-0.39, 0.29) is 23.0 Å². The first-order valence-electron chi connectivity index (χ1n) is 3.93. The number of phenols is 1. The lowest BCUT2D eigenvalue weighted by molar-refractivity contribution is 0.102. The van der Waals surface area contributed by atoms with E-state index < -0.39 is 0 Å². The van der Waals surface area contributed by atoms with E-state index in [0.29, 0.717) is 11.1 Å². The summed E-state index contributed by atoms with van der Waals surface area (Å²) in [5.74, 6) is -0.510. The maximum Gasteiger partial charge on any atom is 0.178 e. The quantitative estimate of drug-likeness (QED) is 0.599. The predicted octanol–water partition coefficient (Wildman–Crippen LogP) is 1.99. The van der Waals surface area contributed by atoms with Crippen molar-refractivity contribution in [3.63, 3.8) is 0 Å². The Labute approximate surface area is 86.5 Å². The molecule has 0 amide bonds. The highest BCUT2D eigenvalue weighted by Gasteiger charge is 2.12. The third-order valence-corrected chi connectivity index (χ3v) is 2.17. The van der Waals surface area contributed by atoms with Crippen molar-refractivity contribution in [1.29, 1.82) is 5.26 Å². The fourth-order valence-electron chi connectivity index (χ4n) is 1.13. The molecule has 1 rings (SSSR count). The van der Waals surface area contributed by atoms with E-state index in [1.54, 1.807) is 6.92 Å². The summed E-state index contributed by atoms with van der Waals surface area (Å²) in [7, 11) is 0. The van der Waals surface area contributed by atoms with Crippen LogP contribution in [0.2, 0.25) is 0 Å². The second kappa shape index (κ2) is 4.12. The number of aromatic hydroxyl groups is 1. The van der Waals surface area contributed by atoms with E-state index in [1.165, 1.54) is 12.1 Å². The van der Waals surface area contributed by atoms with Gasteiger partial charge in [0.05, 0.1) is 17.5 Å². The van der Waals surface area contributed by atoms with Gasteiger partial charge >= 0.3 is 0 Å². The highest BCUT2D eigenvalue weighted by Crippen LogP contribution is 2.22. The Morgan fingerprint density at radius 1 is 1.64 bits per heavy atom. The lowest BCUT2D eigenvalue weighted by Crippen LogP contribution is -2.03. The molecule has 0 aliphatic carbocycles. The van der Waals surface area contributed by atoms with E-state index in [9.17, 15) is 9.90 Å². The first-order valence-corrected chi connectivity index (χ1v) is 4.46. The van der Waals surface area contributed by atoms with Crippen LogP contribution in [0.3, 0.4) is 0 Å². The van der Waals surface area contributed by atoms with Gasteiger partial charge in [0.2, 0.25) is 0 Å². The first-order chi connectivity index (χ1) is 6.60. The molecule has 0 unspecified atom stereocenters. The van der Waals surface area contributed by atoms with Crippen molar-refractivity contribution in [1.82, 2.24) is 0 Å². The topological polar surface area (TPSA) is 61.1 Å². The lowest BCUT2D eigenvalue weighted by Gasteiger charge is -2.05. The number of hydrogen-bond donors (Lipinski definition) is 1. The summed E-state index contributed by atoms with van der Waals surface area (Å²) in [6, 6.07) is 4.61. The van der Waals surface area contributed by atoms with Crippen LogP contribution in [-0.4, -0.2) is 16.8 Å². The Morgan fingerprint density at radius 3 is 2.79 bits per heavy atom. The second-order valence-electron chi connectivity index (χ2n) is 2.84. The van der Waals surface area contributed by atoms with Crippen molar-refractivity contribution < 1.29 is 9.90 Å². The predicted molar refractivity (Wildman–Crippen MR) is 52.6 cm³/mol. The van der Waals surface area contributed by atoms with Crippen molar-refractivity contribution in [2.75, 3.05) is 5.88 Å². The average molecular weight is 210 g/mol. The fourth-order valence-corrected chi connectivity index (χ4v) is 1.27.